The highest BCUT2D eigenvalue weighted by Crippen LogP contribution is 2.15. The van der Waals surface area contributed by atoms with Crippen molar-refractivity contribution in [3.05, 3.63) is 36.0 Å². The predicted octanol–water partition coefficient (Wildman–Crippen LogP) is 3.21. The normalized spacial score (nSPS) is 16.5. The first kappa shape index (κ1) is 8.41. The molecular formula is C10H12S. The molecule has 1 rings (SSSR count). The van der Waals surface area contributed by atoms with Crippen LogP contribution in [-0.2, 0) is 0 Å². The van der Waals surface area contributed by atoms with Gasteiger partial charge in [-0.3, -0.25) is 0 Å². The van der Waals surface area contributed by atoms with E-state index in [0.29, 0.717) is 0 Å². The van der Waals surface area contributed by atoms with Crippen LogP contribution in [0.4, 0.5) is 0 Å². The molecule has 0 radical (unpaired) electrons. The summed E-state index contributed by atoms with van der Waals surface area (Å²) in [5.74, 6) is 0. The van der Waals surface area contributed by atoms with Gasteiger partial charge in [-0.1, -0.05) is 36.5 Å². The Morgan fingerprint density at radius 1 is 1.73 bits per heavy atom. The highest BCUT2D eigenvalue weighted by Gasteiger charge is 2.00. The summed E-state index contributed by atoms with van der Waals surface area (Å²) in [6.45, 7) is 5.89. The van der Waals surface area contributed by atoms with Crippen LogP contribution in [-0.4, -0.2) is 4.86 Å². The quantitative estimate of drug-likeness (QED) is 0.446. The summed E-state index contributed by atoms with van der Waals surface area (Å²) in [5, 5.41) is 0. The smallest absolute Gasteiger partial charge is 0.0192 e. The average molecular weight is 164 g/mol. The molecule has 0 N–H and O–H groups in total. The van der Waals surface area contributed by atoms with E-state index in [-0.39, 0.29) is 0 Å². The first-order valence-corrected chi connectivity index (χ1v) is 4.13. The molecule has 58 valence electrons. The van der Waals surface area contributed by atoms with Gasteiger partial charge in [-0.2, -0.15) is 0 Å². The summed E-state index contributed by atoms with van der Waals surface area (Å²) in [6.07, 6.45) is 8.20. The summed E-state index contributed by atoms with van der Waals surface area (Å²) >= 11 is 5.08. The summed E-state index contributed by atoms with van der Waals surface area (Å²) in [4.78, 5) is 1.03. The zero-order chi connectivity index (χ0) is 8.27. The molecule has 1 aliphatic rings. The molecule has 0 saturated carbocycles. The SMILES string of the molecule is C=C(C)CC1=CC(=S)CC=C1. The first-order chi connectivity index (χ1) is 5.18. The number of hydrogen-bond donors (Lipinski definition) is 0. The summed E-state index contributed by atoms with van der Waals surface area (Å²) in [7, 11) is 0. The van der Waals surface area contributed by atoms with Gasteiger partial charge in [0.05, 0.1) is 0 Å². The van der Waals surface area contributed by atoms with Gasteiger partial charge < -0.3 is 0 Å². The van der Waals surface area contributed by atoms with Crippen LogP contribution >= 0.6 is 12.2 Å². The van der Waals surface area contributed by atoms with E-state index in [2.05, 4.69) is 24.8 Å². The molecule has 0 aromatic carbocycles. The second kappa shape index (κ2) is 3.63. The van der Waals surface area contributed by atoms with Crippen LogP contribution in [0.1, 0.15) is 19.8 Å². The van der Waals surface area contributed by atoms with Gasteiger partial charge in [-0.15, -0.1) is 0 Å². The number of thiocarbonyl (C=S) groups is 1. The Hall–Kier alpha value is -0.690. The van der Waals surface area contributed by atoms with Crippen LogP contribution in [0.3, 0.4) is 0 Å². The minimum atomic E-state index is 0.926. The molecule has 0 amide bonds. The van der Waals surface area contributed by atoms with Crippen molar-refractivity contribution in [2.24, 2.45) is 0 Å². The van der Waals surface area contributed by atoms with Gasteiger partial charge in [0.1, 0.15) is 0 Å². The van der Waals surface area contributed by atoms with E-state index in [4.69, 9.17) is 12.2 Å². The molecule has 0 nitrogen and oxygen atoms in total. The van der Waals surface area contributed by atoms with Gasteiger partial charge in [0.15, 0.2) is 0 Å². The van der Waals surface area contributed by atoms with Gasteiger partial charge in [0.25, 0.3) is 0 Å². The molecule has 0 saturated heterocycles. The van der Waals surface area contributed by atoms with Crippen LogP contribution in [0.2, 0.25) is 0 Å². The molecule has 0 heterocycles. The zero-order valence-electron chi connectivity index (χ0n) is 6.76. The molecule has 0 atom stereocenters. The lowest BCUT2D eigenvalue weighted by atomic mass is 10.0. The predicted molar refractivity (Wildman–Crippen MR) is 53.9 cm³/mol. The molecule has 0 spiro atoms. The molecule has 0 aromatic rings. The van der Waals surface area contributed by atoms with Crippen molar-refractivity contribution < 1.29 is 0 Å². The van der Waals surface area contributed by atoms with E-state index in [0.717, 1.165) is 17.7 Å². The Bertz CT molecular complexity index is 244. The van der Waals surface area contributed by atoms with Gasteiger partial charge in [0, 0.05) is 11.3 Å². The van der Waals surface area contributed by atoms with E-state index in [1.54, 1.807) is 0 Å². The maximum Gasteiger partial charge on any atom is 0.0192 e. The third kappa shape index (κ3) is 2.81. The molecule has 0 aliphatic heterocycles. The molecule has 1 heteroatoms. The largest absolute Gasteiger partial charge is 0.0998 e. The van der Waals surface area contributed by atoms with E-state index in [1.165, 1.54) is 11.1 Å². The lowest BCUT2D eigenvalue weighted by molar-refractivity contribution is 1.15. The van der Waals surface area contributed by atoms with Crippen molar-refractivity contribution in [3.8, 4) is 0 Å². The van der Waals surface area contributed by atoms with E-state index in [1.807, 2.05) is 6.92 Å². The Morgan fingerprint density at radius 3 is 3.00 bits per heavy atom. The first-order valence-electron chi connectivity index (χ1n) is 3.73. The Kier molecular flexibility index (Phi) is 2.77. The molecule has 0 aromatic heterocycles. The van der Waals surface area contributed by atoms with E-state index >= 15 is 0 Å². The Labute approximate surface area is 73.3 Å². The maximum absolute atomic E-state index is 5.08. The minimum absolute atomic E-state index is 0.926. The van der Waals surface area contributed by atoms with E-state index < -0.39 is 0 Å². The standard InChI is InChI=1S/C10H12S/c1-8(2)6-9-4-3-5-10(11)7-9/h3-4,7H,1,5-6H2,2H3. The third-order valence-electron chi connectivity index (χ3n) is 1.50. The number of allylic oxidation sites excluding steroid dienone is 5. The highest BCUT2D eigenvalue weighted by molar-refractivity contribution is 7.80. The third-order valence-corrected chi connectivity index (χ3v) is 1.79. The molecule has 11 heavy (non-hydrogen) atoms. The summed E-state index contributed by atoms with van der Waals surface area (Å²) in [6, 6.07) is 0. The monoisotopic (exact) mass is 164 g/mol. The minimum Gasteiger partial charge on any atom is -0.0998 e. The topological polar surface area (TPSA) is 0 Å². The molecule has 1 aliphatic carbocycles. The van der Waals surface area contributed by atoms with E-state index in [9.17, 15) is 0 Å². The fourth-order valence-corrected chi connectivity index (χ4v) is 1.35. The van der Waals surface area contributed by atoms with Crippen LogP contribution in [0.15, 0.2) is 36.0 Å². The van der Waals surface area contributed by atoms with Crippen molar-refractivity contribution in [1.29, 1.82) is 0 Å². The van der Waals surface area contributed by atoms with Crippen LogP contribution in [0, 0.1) is 0 Å². The second-order valence-electron chi connectivity index (χ2n) is 2.93. The van der Waals surface area contributed by atoms with Crippen LogP contribution < -0.4 is 0 Å². The van der Waals surface area contributed by atoms with Crippen molar-refractivity contribution in [2.45, 2.75) is 19.8 Å². The Morgan fingerprint density at radius 2 is 2.45 bits per heavy atom. The lowest BCUT2D eigenvalue weighted by Crippen LogP contribution is -1.95. The van der Waals surface area contributed by atoms with Crippen molar-refractivity contribution in [2.75, 3.05) is 0 Å². The number of hydrogen-bond acceptors (Lipinski definition) is 1. The van der Waals surface area contributed by atoms with Gasteiger partial charge in [-0.05, 0) is 25.0 Å². The van der Waals surface area contributed by atoms with Crippen LogP contribution in [0.5, 0.6) is 0 Å². The average Bonchev–Trinajstić information content (AvgIpc) is 1.85. The van der Waals surface area contributed by atoms with Crippen molar-refractivity contribution in [1.82, 2.24) is 0 Å². The molecule has 0 bridgehead atoms. The second-order valence-corrected chi connectivity index (χ2v) is 3.45. The van der Waals surface area contributed by atoms with Crippen molar-refractivity contribution in [3.63, 3.8) is 0 Å². The van der Waals surface area contributed by atoms with Gasteiger partial charge >= 0.3 is 0 Å². The Balaban J connectivity index is 2.64. The fourth-order valence-electron chi connectivity index (χ4n) is 1.10. The number of rotatable bonds is 2. The molecular weight excluding hydrogens is 152 g/mol. The zero-order valence-corrected chi connectivity index (χ0v) is 7.58. The maximum atomic E-state index is 5.08. The molecule has 0 unspecified atom stereocenters. The fraction of sp³-hybridized carbons (Fsp3) is 0.300. The lowest BCUT2D eigenvalue weighted by Gasteiger charge is -2.06. The molecule has 0 fully saturated rings. The van der Waals surface area contributed by atoms with Gasteiger partial charge in [0.2, 0.25) is 0 Å². The highest BCUT2D eigenvalue weighted by atomic mass is 32.1. The van der Waals surface area contributed by atoms with Gasteiger partial charge in [-0.25, -0.2) is 0 Å². The summed E-state index contributed by atoms with van der Waals surface area (Å²) in [5.41, 5.74) is 2.47. The van der Waals surface area contributed by atoms with Crippen molar-refractivity contribution >= 4 is 17.1 Å². The van der Waals surface area contributed by atoms with Crippen LogP contribution in [0.25, 0.3) is 0 Å². The summed E-state index contributed by atoms with van der Waals surface area (Å²) < 4.78 is 0.